The van der Waals surface area contributed by atoms with Crippen molar-refractivity contribution in [1.29, 1.82) is 0 Å². The van der Waals surface area contributed by atoms with Crippen molar-refractivity contribution in [1.82, 2.24) is 25.1 Å². The lowest BCUT2D eigenvalue weighted by molar-refractivity contribution is 0.102. The van der Waals surface area contributed by atoms with Gasteiger partial charge in [0.2, 0.25) is 5.13 Å². The summed E-state index contributed by atoms with van der Waals surface area (Å²) in [6.07, 6.45) is 4.66. The monoisotopic (exact) mass is 366 g/mol. The summed E-state index contributed by atoms with van der Waals surface area (Å²) >= 11 is 2.69. The average molecular weight is 366 g/mol. The molecule has 0 saturated heterocycles. The van der Waals surface area contributed by atoms with Gasteiger partial charge < -0.3 is 0 Å². The van der Waals surface area contributed by atoms with E-state index in [4.69, 9.17) is 0 Å². The second kappa shape index (κ2) is 6.91. The molecule has 3 aromatic heterocycles. The van der Waals surface area contributed by atoms with E-state index in [1.54, 1.807) is 24.5 Å². The zero-order valence-corrected chi connectivity index (χ0v) is 14.3. The molecule has 122 valence electrons. The molecule has 4 rings (SSSR count). The van der Waals surface area contributed by atoms with Crippen molar-refractivity contribution in [2.75, 3.05) is 5.32 Å². The summed E-state index contributed by atoms with van der Waals surface area (Å²) in [4.78, 5) is 24.6. The number of benzene rings is 1. The fourth-order valence-corrected chi connectivity index (χ4v) is 3.86. The summed E-state index contributed by atoms with van der Waals surface area (Å²) in [5.41, 5.74) is 1.39. The molecular formula is C16H10N6OS2. The first-order valence-electron chi connectivity index (χ1n) is 7.22. The van der Waals surface area contributed by atoms with E-state index < -0.39 is 0 Å². The van der Waals surface area contributed by atoms with Crippen LogP contribution in [-0.2, 0) is 0 Å². The molecule has 1 aromatic carbocycles. The maximum atomic E-state index is 12.1. The van der Waals surface area contributed by atoms with E-state index in [1.807, 2.05) is 24.3 Å². The number of hydrogen-bond acceptors (Lipinski definition) is 8. The summed E-state index contributed by atoms with van der Waals surface area (Å²) in [5.74, 6) is -0.248. The molecule has 9 heteroatoms. The van der Waals surface area contributed by atoms with E-state index in [9.17, 15) is 4.79 Å². The minimum Gasteiger partial charge on any atom is -0.296 e. The molecule has 3 heterocycles. The normalized spacial score (nSPS) is 10.7. The van der Waals surface area contributed by atoms with Gasteiger partial charge in [-0.05, 0) is 30.0 Å². The van der Waals surface area contributed by atoms with Crippen molar-refractivity contribution < 1.29 is 4.79 Å². The van der Waals surface area contributed by atoms with Gasteiger partial charge in [0.05, 0.1) is 5.52 Å². The molecule has 0 aliphatic carbocycles. The van der Waals surface area contributed by atoms with E-state index in [0.29, 0.717) is 15.0 Å². The maximum Gasteiger partial charge on any atom is 0.257 e. The van der Waals surface area contributed by atoms with E-state index in [1.165, 1.54) is 29.4 Å². The molecule has 0 saturated carbocycles. The number of para-hydroxylation sites is 1. The summed E-state index contributed by atoms with van der Waals surface area (Å²) in [6, 6.07) is 11.0. The minimum atomic E-state index is -0.248. The third-order valence-electron chi connectivity index (χ3n) is 3.26. The second-order valence-corrected chi connectivity index (χ2v) is 7.07. The van der Waals surface area contributed by atoms with Crippen LogP contribution < -0.4 is 5.32 Å². The summed E-state index contributed by atoms with van der Waals surface area (Å²) in [5, 5.41) is 13.0. The van der Waals surface area contributed by atoms with Crippen LogP contribution in [0.3, 0.4) is 0 Å². The van der Waals surface area contributed by atoms with Gasteiger partial charge in [0, 0.05) is 23.3 Å². The van der Waals surface area contributed by atoms with Crippen LogP contribution in [0, 0.1) is 0 Å². The molecule has 0 fully saturated rings. The number of anilines is 1. The van der Waals surface area contributed by atoms with Gasteiger partial charge in [0.1, 0.15) is 11.4 Å². The van der Waals surface area contributed by atoms with Crippen molar-refractivity contribution in [2.24, 2.45) is 0 Å². The van der Waals surface area contributed by atoms with Crippen LogP contribution in [0.25, 0.3) is 10.9 Å². The molecule has 0 aliphatic rings. The molecular weight excluding hydrogens is 356 g/mol. The first kappa shape index (κ1) is 15.6. The highest BCUT2D eigenvalue weighted by Crippen LogP contribution is 2.34. The zero-order valence-electron chi connectivity index (χ0n) is 12.7. The molecule has 0 radical (unpaired) electrons. The summed E-state index contributed by atoms with van der Waals surface area (Å²) < 4.78 is 0.689. The molecule has 0 aliphatic heterocycles. The number of aromatic nitrogens is 5. The van der Waals surface area contributed by atoms with Gasteiger partial charge in [0.15, 0.2) is 4.34 Å². The molecule has 0 spiro atoms. The highest BCUT2D eigenvalue weighted by Gasteiger charge is 2.12. The van der Waals surface area contributed by atoms with Crippen LogP contribution >= 0.6 is 23.1 Å². The third kappa shape index (κ3) is 3.47. The number of carbonyl (C=O) groups is 1. The van der Waals surface area contributed by atoms with E-state index in [-0.39, 0.29) is 5.91 Å². The third-order valence-corrected chi connectivity index (χ3v) is 5.17. The van der Waals surface area contributed by atoms with Gasteiger partial charge in [-0.25, -0.2) is 9.97 Å². The highest BCUT2D eigenvalue weighted by molar-refractivity contribution is 8.01. The number of rotatable bonds is 4. The van der Waals surface area contributed by atoms with Gasteiger partial charge in [-0.3, -0.25) is 15.1 Å². The molecule has 4 aromatic rings. The smallest absolute Gasteiger partial charge is 0.257 e. The van der Waals surface area contributed by atoms with Crippen molar-refractivity contribution in [3.8, 4) is 0 Å². The largest absolute Gasteiger partial charge is 0.296 e. The molecule has 25 heavy (non-hydrogen) atoms. The van der Waals surface area contributed by atoms with Gasteiger partial charge in [-0.15, -0.1) is 10.2 Å². The molecule has 1 amide bonds. The fraction of sp³-hybridized carbons (Fsp3) is 0. The number of fused-ring (bicyclic) bond motifs is 1. The van der Waals surface area contributed by atoms with Crippen LogP contribution in [0.15, 0.2) is 64.5 Å². The molecule has 0 atom stereocenters. The van der Waals surface area contributed by atoms with Crippen LogP contribution in [-0.4, -0.2) is 31.1 Å². The molecule has 7 nitrogen and oxygen atoms in total. The standard InChI is InChI=1S/C16H10N6OS2/c23-13(10-5-7-17-8-6-10)20-15-21-22-16(25-15)24-14-11-3-1-2-4-12(11)18-9-19-14/h1-9H,(H,20,21,23). The summed E-state index contributed by atoms with van der Waals surface area (Å²) in [7, 11) is 0. The Morgan fingerprint density at radius 2 is 1.88 bits per heavy atom. The van der Waals surface area contributed by atoms with E-state index >= 15 is 0 Å². The number of amides is 1. The number of nitrogens with zero attached hydrogens (tertiary/aromatic N) is 5. The van der Waals surface area contributed by atoms with Gasteiger partial charge in [0.25, 0.3) is 5.91 Å². The first-order valence-corrected chi connectivity index (χ1v) is 8.85. The Morgan fingerprint density at radius 3 is 2.76 bits per heavy atom. The van der Waals surface area contributed by atoms with Crippen LogP contribution in [0.4, 0.5) is 5.13 Å². The fourth-order valence-electron chi connectivity index (χ4n) is 2.12. The predicted molar refractivity (Wildman–Crippen MR) is 95.8 cm³/mol. The highest BCUT2D eigenvalue weighted by atomic mass is 32.2. The van der Waals surface area contributed by atoms with Crippen molar-refractivity contribution >= 4 is 45.0 Å². The lowest BCUT2D eigenvalue weighted by Crippen LogP contribution is -2.11. The van der Waals surface area contributed by atoms with Gasteiger partial charge in [-0.1, -0.05) is 29.5 Å². The number of hydrogen-bond donors (Lipinski definition) is 1. The lowest BCUT2D eigenvalue weighted by Gasteiger charge is -2.01. The van der Waals surface area contributed by atoms with Crippen molar-refractivity contribution in [2.45, 2.75) is 9.37 Å². The first-order chi connectivity index (χ1) is 12.3. The van der Waals surface area contributed by atoms with Gasteiger partial charge in [-0.2, -0.15) is 0 Å². The Balaban J connectivity index is 1.52. The topological polar surface area (TPSA) is 93.6 Å². The van der Waals surface area contributed by atoms with Gasteiger partial charge >= 0.3 is 0 Å². The minimum absolute atomic E-state index is 0.248. The Bertz CT molecular complexity index is 1030. The Morgan fingerprint density at radius 1 is 1.04 bits per heavy atom. The quantitative estimate of drug-likeness (QED) is 0.437. The van der Waals surface area contributed by atoms with Crippen LogP contribution in [0.5, 0.6) is 0 Å². The van der Waals surface area contributed by atoms with Crippen molar-refractivity contribution in [3.05, 3.63) is 60.7 Å². The van der Waals surface area contributed by atoms with E-state index in [0.717, 1.165) is 15.9 Å². The SMILES string of the molecule is O=C(Nc1nnc(Sc2ncnc3ccccc23)s1)c1ccncc1. The second-order valence-electron chi connectivity index (χ2n) is 4.86. The summed E-state index contributed by atoms with van der Waals surface area (Å²) in [6.45, 7) is 0. The number of pyridine rings is 1. The maximum absolute atomic E-state index is 12.1. The number of carbonyl (C=O) groups excluding carboxylic acids is 1. The number of nitrogens with one attached hydrogen (secondary N) is 1. The molecule has 0 unspecified atom stereocenters. The predicted octanol–water partition coefficient (Wildman–Crippen LogP) is 3.28. The Hall–Kier alpha value is -2.91. The van der Waals surface area contributed by atoms with Crippen LogP contribution in [0.2, 0.25) is 0 Å². The van der Waals surface area contributed by atoms with Crippen LogP contribution in [0.1, 0.15) is 10.4 Å². The molecule has 1 N–H and O–H groups in total. The van der Waals surface area contributed by atoms with E-state index in [2.05, 4.69) is 30.5 Å². The lowest BCUT2D eigenvalue weighted by atomic mass is 10.2. The molecule has 0 bridgehead atoms. The average Bonchev–Trinajstić information content (AvgIpc) is 3.09. The Labute approximate surface area is 150 Å². The van der Waals surface area contributed by atoms with Crippen molar-refractivity contribution in [3.63, 3.8) is 0 Å². The Kier molecular flexibility index (Phi) is 4.32. The zero-order chi connectivity index (χ0) is 17.1.